The zero-order valence-electron chi connectivity index (χ0n) is 27.6. The molecule has 2 nitrogen and oxygen atoms in total. The zero-order chi connectivity index (χ0) is 33.5. The Morgan fingerprint density at radius 2 is 0.843 bits per heavy atom. The lowest BCUT2D eigenvalue weighted by Crippen LogP contribution is -1.95. The Kier molecular flexibility index (Phi) is 6.16. The molecule has 3 heteroatoms. The first-order chi connectivity index (χ1) is 25.3. The number of aromatic nitrogens is 2. The summed E-state index contributed by atoms with van der Waals surface area (Å²) in [7, 11) is 0. The van der Waals surface area contributed by atoms with Crippen LogP contribution in [0.15, 0.2) is 182 Å². The lowest BCUT2D eigenvalue weighted by molar-refractivity contribution is 1.18. The molecule has 0 unspecified atom stereocenters. The second kappa shape index (κ2) is 11.0. The summed E-state index contributed by atoms with van der Waals surface area (Å²) in [5, 5.41) is 7.70. The van der Waals surface area contributed by atoms with Crippen molar-refractivity contribution >= 4 is 75.1 Å². The van der Waals surface area contributed by atoms with E-state index in [1.807, 2.05) is 11.3 Å². The zero-order valence-corrected chi connectivity index (χ0v) is 28.4. The highest BCUT2D eigenvalue weighted by Crippen LogP contribution is 2.43. The van der Waals surface area contributed by atoms with E-state index in [2.05, 4.69) is 191 Å². The molecule has 0 saturated carbocycles. The Morgan fingerprint density at radius 1 is 0.314 bits per heavy atom. The van der Waals surface area contributed by atoms with E-state index in [0.717, 1.165) is 5.69 Å². The van der Waals surface area contributed by atoms with E-state index in [4.69, 9.17) is 0 Å². The standard InChI is InChI=1S/C48H30N2S/c1-2-10-31(11-3-1)32-18-20-33(21-19-32)34-22-24-35(25-23-34)50-42-15-7-4-12-37(42)40-28-29-44-47(48(40)50)41-14-5-8-16-43(41)49(44)36-26-27-39-38-13-6-9-17-45(38)51-46(39)30-36/h1-30H. The van der Waals surface area contributed by atoms with Gasteiger partial charge in [-0.1, -0.05) is 133 Å². The van der Waals surface area contributed by atoms with Gasteiger partial charge in [0.1, 0.15) is 0 Å². The average molecular weight is 667 g/mol. The van der Waals surface area contributed by atoms with Gasteiger partial charge in [-0.3, -0.25) is 0 Å². The molecule has 8 aromatic carbocycles. The minimum absolute atomic E-state index is 1.15. The smallest absolute Gasteiger partial charge is 0.0641 e. The molecule has 0 aliphatic rings. The first-order valence-electron chi connectivity index (χ1n) is 17.4. The number of benzene rings is 8. The molecule has 0 aliphatic carbocycles. The predicted molar refractivity (Wildman–Crippen MR) is 219 cm³/mol. The van der Waals surface area contributed by atoms with Crippen LogP contribution in [-0.2, 0) is 0 Å². The fourth-order valence-corrected chi connectivity index (χ4v) is 9.34. The molecule has 0 saturated heterocycles. The molecule has 0 atom stereocenters. The van der Waals surface area contributed by atoms with Crippen molar-refractivity contribution in [2.24, 2.45) is 0 Å². The topological polar surface area (TPSA) is 9.86 Å². The number of rotatable bonds is 4. The van der Waals surface area contributed by atoms with Crippen LogP contribution in [0.5, 0.6) is 0 Å². The van der Waals surface area contributed by atoms with Gasteiger partial charge in [-0.05, 0) is 70.8 Å². The van der Waals surface area contributed by atoms with Gasteiger partial charge in [-0.2, -0.15) is 0 Å². The van der Waals surface area contributed by atoms with Crippen molar-refractivity contribution < 1.29 is 0 Å². The number of hydrogen-bond donors (Lipinski definition) is 0. The van der Waals surface area contributed by atoms with Gasteiger partial charge in [0.25, 0.3) is 0 Å². The lowest BCUT2D eigenvalue weighted by atomic mass is 10.0. The summed E-state index contributed by atoms with van der Waals surface area (Å²) in [5.74, 6) is 0. The summed E-state index contributed by atoms with van der Waals surface area (Å²) in [6.45, 7) is 0. The molecular formula is C48H30N2S. The van der Waals surface area contributed by atoms with Crippen LogP contribution in [0, 0.1) is 0 Å². The van der Waals surface area contributed by atoms with E-state index in [9.17, 15) is 0 Å². The van der Waals surface area contributed by atoms with E-state index in [1.165, 1.54) is 91.7 Å². The first kappa shape index (κ1) is 28.4. The number of fused-ring (bicyclic) bond motifs is 10. The lowest BCUT2D eigenvalue weighted by Gasteiger charge is -2.11. The fraction of sp³-hybridized carbons (Fsp3) is 0. The summed E-state index contributed by atoms with van der Waals surface area (Å²) < 4.78 is 7.57. The van der Waals surface area contributed by atoms with Crippen molar-refractivity contribution in [2.45, 2.75) is 0 Å². The highest BCUT2D eigenvalue weighted by atomic mass is 32.1. The maximum Gasteiger partial charge on any atom is 0.0641 e. The van der Waals surface area contributed by atoms with Gasteiger partial charge in [0.15, 0.2) is 0 Å². The third-order valence-corrected chi connectivity index (χ3v) is 11.7. The molecule has 0 amide bonds. The SMILES string of the molecule is c1ccc(-c2ccc(-c3ccc(-n4c5ccccc5c5ccc6c(c7ccccc7n6-c6ccc7c(c6)sc6ccccc67)c54)cc3)cc2)cc1. The van der Waals surface area contributed by atoms with Crippen molar-refractivity contribution in [3.8, 4) is 33.6 Å². The molecule has 3 aromatic heterocycles. The van der Waals surface area contributed by atoms with E-state index < -0.39 is 0 Å². The van der Waals surface area contributed by atoms with Gasteiger partial charge in [-0.15, -0.1) is 11.3 Å². The highest BCUT2D eigenvalue weighted by molar-refractivity contribution is 7.25. The van der Waals surface area contributed by atoms with Crippen LogP contribution in [0.3, 0.4) is 0 Å². The molecule has 51 heavy (non-hydrogen) atoms. The van der Waals surface area contributed by atoms with Crippen molar-refractivity contribution in [3.63, 3.8) is 0 Å². The molecule has 0 spiro atoms. The first-order valence-corrected chi connectivity index (χ1v) is 18.3. The van der Waals surface area contributed by atoms with E-state index in [1.54, 1.807) is 0 Å². The Hall–Kier alpha value is -6.42. The molecule has 0 radical (unpaired) electrons. The normalized spacial score (nSPS) is 11.9. The Morgan fingerprint density at radius 3 is 1.59 bits per heavy atom. The van der Waals surface area contributed by atoms with Gasteiger partial charge in [0.05, 0.1) is 22.1 Å². The van der Waals surface area contributed by atoms with Crippen LogP contribution in [0.1, 0.15) is 0 Å². The van der Waals surface area contributed by atoms with Crippen molar-refractivity contribution in [2.75, 3.05) is 0 Å². The number of para-hydroxylation sites is 2. The monoisotopic (exact) mass is 666 g/mol. The van der Waals surface area contributed by atoms with Gasteiger partial charge >= 0.3 is 0 Å². The van der Waals surface area contributed by atoms with Gasteiger partial charge < -0.3 is 9.13 Å². The van der Waals surface area contributed by atoms with Crippen LogP contribution in [0.2, 0.25) is 0 Å². The van der Waals surface area contributed by atoms with Crippen LogP contribution < -0.4 is 0 Å². The van der Waals surface area contributed by atoms with Gasteiger partial charge in [0.2, 0.25) is 0 Å². The minimum atomic E-state index is 1.15. The molecule has 3 heterocycles. The fourth-order valence-electron chi connectivity index (χ4n) is 8.20. The third kappa shape index (κ3) is 4.29. The van der Waals surface area contributed by atoms with Crippen LogP contribution in [0.4, 0.5) is 0 Å². The number of thiophene rings is 1. The van der Waals surface area contributed by atoms with Gasteiger partial charge in [0, 0.05) is 53.1 Å². The third-order valence-electron chi connectivity index (χ3n) is 10.5. The maximum atomic E-state index is 2.47. The van der Waals surface area contributed by atoms with Crippen LogP contribution >= 0.6 is 11.3 Å². The summed E-state index contributed by atoms with van der Waals surface area (Å²) in [6, 6.07) is 66.6. The second-order valence-corrected chi connectivity index (χ2v) is 14.4. The number of nitrogens with zero attached hydrogens (tertiary/aromatic N) is 2. The number of hydrogen-bond acceptors (Lipinski definition) is 1. The highest BCUT2D eigenvalue weighted by Gasteiger charge is 2.21. The average Bonchev–Trinajstić information content (AvgIpc) is 3.86. The summed E-state index contributed by atoms with van der Waals surface area (Å²) >= 11 is 1.87. The molecule has 238 valence electrons. The second-order valence-electron chi connectivity index (χ2n) is 13.3. The van der Waals surface area contributed by atoms with E-state index in [0.29, 0.717) is 0 Å². The largest absolute Gasteiger partial charge is 0.309 e. The summed E-state index contributed by atoms with van der Waals surface area (Å²) in [5.41, 5.74) is 12.1. The molecule has 0 bridgehead atoms. The van der Waals surface area contributed by atoms with Crippen molar-refractivity contribution in [1.29, 1.82) is 0 Å². The van der Waals surface area contributed by atoms with Crippen molar-refractivity contribution in [1.82, 2.24) is 9.13 Å². The quantitative estimate of drug-likeness (QED) is 0.177. The van der Waals surface area contributed by atoms with Gasteiger partial charge in [-0.25, -0.2) is 0 Å². The molecule has 0 N–H and O–H groups in total. The van der Waals surface area contributed by atoms with Crippen molar-refractivity contribution in [3.05, 3.63) is 182 Å². The van der Waals surface area contributed by atoms with E-state index in [-0.39, 0.29) is 0 Å². The van der Waals surface area contributed by atoms with E-state index >= 15 is 0 Å². The Balaban J connectivity index is 1.12. The predicted octanol–water partition coefficient (Wildman–Crippen LogP) is 13.6. The maximum absolute atomic E-state index is 2.47. The molecule has 11 rings (SSSR count). The van der Waals surface area contributed by atoms with Crippen LogP contribution in [-0.4, -0.2) is 9.13 Å². The molecule has 11 aromatic rings. The van der Waals surface area contributed by atoms with Crippen LogP contribution in [0.25, 0.3) is 97.4 Å². The molecule has 0 fully saturated rings. The Bertz CT molecular complexity index is 3100. The summed E-state index contributed by atoms with van der Waals surface area (Å²) in [4.78, 5) is 0. The Labute approximate surface area is 298 Å². The molecule has 0 aliphatic heterocycles. The molecular weight excluding hydrogens is 637 g/mol. The minimum Gasteiger partial charge on any atom is -0.309 e. The summed E-state index contributed by atoms with van der Waals surface area (Å²) in [6.07, 6.45) is 0.